The largest absolute Gasteiger partial charge is 0.371 e. The van der Waals surface area contributed by atoms with Gasteiger partial charge in [-0.25, -0.2) is 0 Å². The van der Waals surface area contributed by atoms with Gasteiger partial charge in [0.25, 0.3) is 0 Å². The number of para-hydroxylation sites is 1. The quantitative estimate of drug-likeness (QED) is 0.793. The van der Waals surface area contributed by atoms with Crippen LogP contribution in [0.2, 0.25) is 0 Å². The number of carbonyl (C=O) groups is 1. The van der Waals surface area contributed by atoms with E-state index >= 15 is 0 Å². The van der Waals surface area contributed by atoms with Crippen LogP contribution in [-0.2, 0) is 0 Å². The topological polar surface area (TPSA) is 20.3 Å². The molecule has 1 heterocycles. The van der Waals surface area contributed by atoms with Gasteiger partial charge in [-0.05, 0) is 24.5 Å². The highest BCUT2D eigenvalue weighted by atomic mass is 16.1. The van der Waals surface area contributed by atoms with Crippen molar-refractivity contribution in [1.82, 2.24) is 0 Å². The zero-order valence-corrected chi connectivity index (χ0v) is 10.8. The Hall–Kier alpha value is -1.31. The molecule has 1 aliphatic rings. The van der Waals surface area contributed by atoms with Gasteiger partial charge in [-0.1, -0.05) is 32.4 Å². The first-order chi connectivity index (χ1) is 8.22. The molecule has 0 N–H and O–H groups in total. The van der Waals surface area contributed by atoms with Crippen LogP contribution in [0.25, 0.3) is 0 Å². The van der Waals surface area contributed by atoms with Crippen LogP contribution in [0.1, 0.15) is 43.5 Å². The van der Waals surface area contributed by atoms with Gasteiger partial charge in [-0.3, -0.25) is 4.79 Å². The molecule has 0 amide bonds. The van der Waals surface area contributed by atoms with Crippen LogP contribution < -0.4 is 4.90 Å². The summed E-state index contributed by atoms with van der Waals surface area (Å²) < 4.78 is 0. The summed E-state index contributed by atoms with van der Waals surface area (Å²) in [4.78, 5) is 14.4. The number of Topliss-reactive ketones (excluding diaryl/α,β-unsaturated/α-hetero) is 1. The Balaban J connectivity index is 2.28. The van der Waals surface area contributed by atoms with Crippen LogP contribution in [0.5, 0.6) is 0 Å². The molecule has 0 spiro atoms. The Morgan fingerprint density at radius 1 is 1.35 bits per heavy atom. The van der Waals surface area contributed by atoms with E-state index in [1.165, 1.54) is 6.42 Å². The number of hydrogen-bond acceptors (Lipinski definition) is 2. The molecular weight excluding hydrogens is 210 g/mol. The van der Waals surface area contributed by atoms with Crippen molar-refractivity contribution in [2.45, 2.75) is 33.1 Å². The Kier molecular flexibility index (Phi) is 3.82. The third-order valence-electron chi connectivity index (χ3n) is 3.61. The van der Waals surface area contributed by atoms with Crippen LogP contribution in [0.4, 0.5) is 5.69 Å². The average Bonchev–Trinajstić information content (AvgIpc) is 2.51. The fraction of sp³-hybridized carbons (Fsp3) is 0.533. The molecule has 2 rings (SSSR count). The zero-order valence-electron chi connectivity index (χ0n) is 10.8. The summed E-state index contributed by atoms with van der Waals surface area (Å²) in [6.45, 7) is 6.56. The molecule has 2 nitrogen and oxygen atoms in total. The zero-order chi connectivity index (χ0) is 12.3. The van der Waals surface area contributed by atoms with E-state index in [1.807, 2.05) is 18.2 Å². The minimum atomic E-state index is 0.298. The summed E-state index contributed by atoms with van der Waals surface area (Å²) in [6, 6.07) is 8.04. The van der Waals surface area contributed by atoms with E-state index < -0.39 is 0 Å². The molecule has 1 aromatic carbocycles. The number of anilines is 1. The lowest BCUT2D eigenvalue weighted by Gasteiger charge is -2.27. The Morgan fingerprint density at radius 2 is 2.12 bits per heavy atom. The minimum Gasteiger partial charge on any atom is -0.371 e. The number of hydrogen-bond donors (Lipinski definition) is 0. The molecule has 0 aromatic heterocycles. The van der Waals surface area contributed by atoms with Gasteiger partial charge in [-0.15, -0.1) is 0 Å². The lowest BCUT2D eigenvalue weighted by atomic mass is 10.1. The maximum absolute atomic E-state index is 12.0. The third-order valence-corrected chi connectivity index (χ3v) is 3.61. The van der Waals surface area contributed by atoms with Crippen LogP contribution in [-0.4, -0.2) is 18.9 Å². The highest BCUT2D eigenvalue weighted by Crippen LogP contribution is 2.27. The van der Waals surface area contributed by atoms with E-state index in [0.29, 0.717) is 18.1 Å². The van der Waals surface area contributed by atoms with Crippen LogP contribution in [0.3, 0.4) is 0 Å². The molecule has 17 heavy (non-hydrogen) atoms. The summed E-state index contributed by atoms with van der Waals surface area (Å²) in [5.74, 6) is 0.975. The molecule has 1 atom stereocenters. The normalized spacial score (nSPS) is 17.5. The van der Waals surface area contributed by atoms with Crippen LogP contribution in [0.15, 0.2) is 24.3 Å². The maximum Gasteiger partial charge on any atom is 0.165 e. The molecule has 92 valence electrons. The van der Waals surface area contributed by atoms with Crippen molar-refractivity contribution < 1.29 is 4.79 Å². The lowest BCUT2D eigenvalue weighted by Crippen LogP contribution is -2.29. The van der Waals surface area contributed by atoms with Gasteiger partial charge in [0, 0.05) is 30.8 Å². The van der Waals surface area contributed by atoms with Gasteiger partial charge in [0.1, 0.15) is 0 Å². The van der Waals surface area contributed by atoms with Crippen molar-refractivity contribution >= 4 is 11.5 Å². The van der Waals surface area contributed by atoms with E-state index in [2.05, 4.69) is 24.8 Å². The number of fused-ring (bicyclic) bond motifs is 1. The Morgan fingerprint density at radius 3 is 2.88 bits per heavy atom. The molecule has 0 aliphatic carbocycles. The second-order valence-electron chi connectivity index (χ2n) is 5.00. The van der Waals surface area contributed by atoms with E-state index in [4.69, 9.17) is 0 Å². The number of nitrogens with zero attached hydrogens (tertiary/aromatic N) is 1. The predicted octanol–water partition coefficient (Wildman–Crippen LogP) is 3.52. The third kappa shape index (κ3) is 2.68. The van der Waals surface area contributed by atoms with Crippen molar-refractivity contribution in [1.29, 1.82) is 0 Å². The number of benzene rings is 1. The molecular formula is C15H21NO. The smallest absolute Gasteiger partial charge is 0.165 e. The van der Waals surface area contributed by atoms with Crippen molar-refractivity contribution in [2.24, 2.45) is 5.92 Å². The second kappa shape index (κ2) is 5.35. The fourth-order valence-corrected chi connectivity index (χ4v) is 2.37. The van der Waals surface area contributed by atoms with Crippen molar-refractivity contribution in [3.63, 3.8) is 0 Å². The molecule has 1 aliphatic heterocycles. The van der Waals surface area contributed by atoms with Gasteiger partial charge < -0.3 is 4.90 Å². The fourth-order valence-electron chi connectivity index (χ4n) is 2.37. The molecule has 0 radical (unpaired) electrons. The van der Waals surface area contributed by atoms with Crippen molar-refractivity contribution in [3.8, 4) is 0 Å². The second-order valence-corrected chi connectivity index (χ2v) is 5.00. The van der Waals surface area contributed by atoms with Gasteiger partial charge in [0.2, 0.25) is 0 Å². The molecule has 2 heteroatoms. The van der Waals surface area contributed by atoms with E-state index in [0.717, 1.165) is 30.8 Å². The van der Waals surface area contributed by atoms with Crippen LogP contribution in [0, 0.1) is 5.92 Å². The van der Waals surface area contributed by atoms with Gasteiger partial charge in [-0.2, -0.15) is 0 Å². The van der Waals surface area contributed by atoms with Gasteiger partial charge >= 0.3 is 0 Å². The minimum absolute atomic E-state index is 0.298. The van der Waals surface area contributed by atoms with Gasteiger partial charge in [0.15, 0.2) is 5.78 Å². The highest BCUT2D eigenvalue weighted by molar-refractivity contribution is 6.01. The Labute approximate surface area is 104 Å². The summed E-state index contributed by atoms with van der Waals surface area (Å²) in [7, 11) is 0. The molecule has 0 saturated carbocycles. The number of carbonyl (C=O) groups excluding carboxylic acids is 1. The highest BCUT2D eigenvalue weighted by Gasteiger charge is 2.20. The molecule has 0 saturated heterocycles. The monoisotopic (exact) mass is 231 g/mol. The first-order valence-corrected chi connectivity index (χ1v) is 6.59. The molecule has 0 bridgehead atoms. The summed E-state index contributed by atoms with van der Waals surface area (Å²) >= 11 is 0. The molecule has 1 aromatic rings. The summed E-state index contributed by atoms with van der Waals surface area (Å²) in [5, 5.41) is 0. The molecule has 0 fully saturated rings. The number of ketones is 1. The predicted molar refractivity (Wildman–Crippen MR) is 71.7 cm³/mol. The van der Waals surface area contributed by atoms with E-state index in [-0.39, 0.29) is 0 Å². The van der Waals surface area contributed by atoms with Crippen LogP contribution >= 0.6 is 0 Å². The summed E-state index contributed by atoms with van der Waals surface area (Å²) in [5.41, 5.74) is 2.05. The molecule has 1 unspecified atom stereocenters. The maximum atomic E-state index is 12.0. The van der Waals surface area contributed by atoms with Gasteiger partial charge in [0.05, 0.1) is 0 Å². The van der Waals surface area contributed by atoms with E-state index in [1.54, 1.807) is 0 Å². The SMILES string of the molecule is CCC(C)CN1CCCC(=O)c2ccccc21. The van der Waals surface area contributed by atoms with E-state index in [9.17, 15) is 4.79 Å². The lowest BCUT2D eigenvalue weighted by molar-refractivity contribution is 0.0984. The first-order valence-electron chi connectivity index (χ1n) is 6.59. The standard InChI is InChI=1S/C15H21NO/c1-3-12(2)11-16-10-6-9-15(17)13-7-4-5-8-14(13)16/h4-5,7-8,12H,3,6,9-11H2,1-2H3. The summed E-state index contributed by atoms with van der Waals surface area (Å²) in [6.07, 6.45) is 2.85. The van der Waals surface area contributed by atoms with Crippen molar-refractivity contribution in [2.75, 3.05) is 18.0 Å². The Bertz CT molecular complexity index is 400. The van der Waals surface area contributed by atoms with Crippen molar-refractivity contribution in [3.05, 3.63) is 29.8 Å². The number of rotatable bonds is 3. The average molecular weight is 231 g/mol. The first kappa shape index (κ1) is 12.2.